The maximum Gasteiger partial charge on any atom is 0.267 e. The molecule has 1 fully saturated rings. The highest BCUT2D eigenvalue weighted by atomic mass is 16.2. The summed E-state index contributed by atoms with van der Waals surface area (Å²) in [6.45, 7) is 3.15. The summed E-state index contributed by atoms with van der Waals surface area (Å²) >= 11 is 0. The molecule has 0 radical (unpaired) electrons. The van der Waals surface area contributed by atoms with Gasteiger partial charge in [0.2, 0.25) is 11.8 Å². The van der Waals surface area contributed by atoms with Crippen LogP contribution in [-0.4, -0.2) is 64.1 Å². The van der Waals surface area contributed by atoms with Crippen LogP contribution in [0, 0.1) is 0 Å². The molecule has 1 saturated heterocycles. The first-order chi connectivity index (χ1) is 11.0. The van der Waals surface area contributed by atoms with Gasteiger partial charge in [0.1, 0.15) is 0 Å². The molecule has 0 spiro atoms. The number of likely N-dealkylation sites (tertiary alicyclic amines) is 1. The zero-order valence-corrected chi connectivity index (χ0v) is 13.4. The standard InChI is InChI=1S/C15H23N5O3/c1-18-12-9-19(7-4-11(12)15(23)17-18)10-13(21)16-8-14(22)20-5-2-3-6-20/h2-10H2,1H3,(H,16,21)(H,17,23). The molecular formula is C15H23N5O3. The largest absolute Gasteiger partial charge is 0.346 e. The summed E-state index contributed by atoms with van der Waals surface area (Å²) in [4.78, 5) is 39.4. The molecule has 2 amide bonds. The second kappa shape index (κ2) is 6.57. The van der Waals surface area contributed by atoms with Gasteiger partial charge in [-0.05, 0) is 19.3 Å². The first-order valence-corrected chi connectivity index (χ1v) is 8.08. The van der Waals surface area contributed by atoms with Crippen LogP contribution in [0.3, 0.4) is 0 Å². The maximum atomic E-state index is 12.0. The van der Waals surface area contributed by atoms with E-state index in [0.717, 1.165) is 37.2 Å². The number of carbonyl (C=O) groups excluding carboxylic acids is 2. The van der Waals surface area contributed by atoms with Crippen LogP contribution in [0.4, 0.5) is 0 Å². The quantitative estimate of drug-likeness (QED) is 0.730. The van der Waals surface area contributed by atoms with E-state index in [-0.39, 0.29) is 30.5 Å². The van der Waals surface area contributed by atoms with Crippen molar-refractivity contribution in [3.8, 4) is 0 Å². The van der Waals surface area contributed by atoms with Crippen LogP contribution in [0.15, 0.2) is 4.79 Å². The van der Waals surface area contributed by atoms with Gasteiger partial charge in [-0.3, -0.25) is 29.1 Å². The van der Waals surface area contributed by atoms with Gasteiger partial charge < -0.3 is 10.2 Å². The fourth-order valence-electron chi connectivity index (χ4n) is 3.29. The molecule has 2 aliphatic rings. The minimum absolute atomic E-state index is 0.00943. The van der Waals surface area contributed by atoms with Crippen molar-refractivity contribution >= 4 is 11.8 Å². The maximum absolute atomic E-state index is 12.0. The van der Waals surface area contributed by atoms with Crippen LogP contribution in [-0.2, 0) is 29.6 Å². The first kappa shape index (κ1) is 15.8. The molecular weight excluding hydrogens is 298 g/mol. The number of nitrogens with zero attached hydrogens (tertiary/aromatic N) is 3. The van der Waals surface area contributed by atoms with Crippen molar-refractivity contribution in [2.24, 2.45) is 7.05 Å². The zero-order valence-electron chi connectivity index (χ0n) is 13.4. The summed E-state index contributed by atoms with van der Waals surface area (Å²) in [5.74, 6) is -0.161. The monoisotopic (exact) mass is 321 g/mol. The van der Waals surface area contributed by atoms with Crippen molar-refractivity contribution in [1.29, 1.82) is 0 Å². The van der Waals surface area contributed by atoms with Gasteiger partial charge in [0.15, 0.2) is 0 Å². The minimum atomic E-state index is -0.151. The molecule has 0 saturated carbocycles. The van der Waals surface area contributed by atoms with Crippen molar-refractivity contribution in [2.75, 3.05) is 32.7 Å². The third kappa shape index (κ3) is 3.47. The molecule has 3 rings (SSSR count). The highest BCUT2D eigenvalue weighted by molar-refractivity contribution is 5.85. The van der Waals surface area contributed by atoms with E-state index in [9.17, 15) is 14.4 Å². The van der Waals surface area contributed by atoms with Gasteiger partial charge in [-0.1, -0.05) is 0 Å². The van der Waals surface area contributed by atoms with Gasteiger partial charge >= 0.3 is 0 Å². The number of hydrogen-bond donors (Lipinski definition) is 2. The molecule has 3 heterocycles. The summed E-state index contributed by atoms with van der Waals surface area (Å²) in [5, 5.41) is 5.45. The van der Waals surface area contributed by atoms with Crippen LogP contribution >= 0.6 is 0 Å². The van der Waals surface area contributed by atoms with E-state index in [1.807, 2.05) is 4.90 Å². The van der Waals surface area contributed by atoms with Gasteiger partial charge in [-0.25, -0.2) is 0 Å². The van der Waals surface area contributed by atoms with Gasteiger partial charge in [-0.2, -0.15) is 0 Å². The number of aryl methyl sites for hydroxylation is 1. The van der Waals surface area contributed by atoms with E-state index in [4.69, 9.17) is 0 Å². The Kier molecular flexibility index (Phi) is 4.51. The van der Waals surface area contributed by atoms with Crippen molar-refractivity contribution in [3.05, 3.63) is 21.6 Å². The van der Waals surface area contributed by atoms with E-state index in [1.165, 1.54) is 0 Å². The predicted molar refractivity (Wildman–Crippen MR) is 83.8 cm³/mol. The van der Waals surface area contributed by atoms with Gasteiger partial charge in [0.05, 0.1) is 18.8 Å². The molecule has 0 atom stereocenters. The average molecular weight is 321 g/mol. The molecule has 1 aromatic heterocycles. The van der Waals surface area contributed by atoms with Crippen molar-refractivity contribution < 1.29 is 9.59 Å². The second-order valence-corrected chi connectivity index (χ2v) is 6.25. The molecule has 2 N–H and O–H groups in total. The Hall–Kier alpha value is -2.09. The number of fused-ring (bicyclic) bond motifs is 1. The predicted octanol–water partition coefficient (Wildman–Crippen LogP) is -1.19. The van der Waals surface area contributed by atoms with E-state index < -0.39 is 0 Å². The lowest BCUT2D eigenvalue weighted by molar-refractivity contribution is -0.132. The van der Waals surface area contributed by atoms with E-state index >= 15 is 0 Å². The number of aromatic amines is 1. The molecule has 8 heteroatoms. The van der Waals surface area contributed by atoms with Gasteiger partial charge in [0.25, 0.3) is 5.56 Å². The number of amides is 2. The molecule has 2 aliphatic heterocycles. The Morgan fingerprint density at radius 2 is 1.96 bits per heavy atom. The van der Waals surface area contributed by atoms with Crippen molar-refractivity contribution in [3.63, 3.8) is 0 Å². The zero-order chi connectivity index (χ0) is 16.4. The summed E-state index contributed by atoms with van der Waals surface area (Å²) < 4.78 is 1.72. The van der Waals surface area contributed by atoms with Crippen LogP contribution in [0.5, 0.6) is 0 Å². The second-order valence-electron chi connectivity index (χ2n) is 6.25. The minimum Gasteiger partial charge on any atom is -0.346 e. The molecule has 0 aliphatic carbocycles. The number of hydrogen-bond acceptors (Lipinski definition) is 4. The summed E-state index contributed by atoms with van der Waals surface area (Å²) in [7, 11) is 1.80. The normalized spacial score (nSPS) is 18.0. The molecule has 23 heavy (non-hydrogen) atoms. The number of H-pyrrole nitrogens is 1. The summed E-state index contributed by atoms with van der Waals surface area (Å²) in [6, 6.07) is 0. The highest BCUT2D eigenvalue weighted by Crippen LogP contribution is 2.14. The highest BCUT2D eigenvalue weighted by Gasteiger charge is 2.24. The molecule has 126 valence electrons. The third-order valence-corrected chi connectivity index (χ3v) is 4.61. The molecule has 0 aromatic carbocycles. The molecule has 8 nitrogen and oxygen atoms in total. The van der Waals surface area contributed by atoms with Crippen LogP contribution in [0.25, 0.3) is 0 Å². The van der Waals surface area contributed by atoms with Crippen LogP contribution in [0.2, 0.25) is 0 Å². The van der Waals surface area contributed by atoms with Crippen molar-refractivity contribution in [2.45, 2.75) is 25.8 Å². The van der Waals surface area contributed by atoms with E-state index in [0.29, 0.717) is 19.5 Å². The lowest BCUT2D eigenvalue weighted by atomic mass is 10.1. The van der Waals surface area contributed by atoms with Crippen LogP contribution < -0.4 is 10.9 Å². The Morgan fingerprint density at radius 1 is 1.22 bits per heavy atom. The molecule has 1 aromatic rings. The number of nitrogens with one attached hydrogen (secondary N) is 2. The summed E-state index contributed by atoms with van der Waals surface area (Å²) in [6.07, 6.45) is 2.74. The number of aromatic nitrogens is 2. The Bertz CT molecular complexity index is 657. The topological polar surface area (TPSA) is 90.4 Å². The van der Waals surface area contributed by atoms with Crippen molar-refractivity contribution in [1.82, 2.24) is 24.9 Å². The van der Waals surface area contributed by atoms with E-state index in [2.05, 4.69) is 10.4 Å². The van der Waals surface area contributed by atoms with E-state index in [1.54, 1.807) is 16.6 Å². The number of carbonyl (C=O) groups is 2. The Morgan fingerprint density at radius 3 is 2.70 bits per heavy atom. The van der Waals surface area contributed by atoms with Gasteiger partial charge in [0, 0.05) is 38.8 Å². The lowest BCUT2D eigenvalue weighted by Gasteiger charge is -2.26. The SMILES string of the molecule is Cn1[nH]c(=O)c2c1CN(CC(=O)NCC(=O)N1CCCC1)CC2. The van der Waals surface area contributed by atoms with Crippen LogP contribution in [0.1, 0.15) is 24.1 Å². The van der Waals surface area contributed by atoms with Gasteiger partial charge in [-0.15, -0.1) is 0 Å². The fraction of sp³-hybridized carbons (Fsp3) is 0.667. The molecule has 0 unspecified atom stereocenters. The first-order valence-electron chi connectivity index (χ1n) is 8.08. The molecule has 0 bridgehead atoms. The summed E-state index contributed by atoms with van der Waals surface area (Å²) in [5.41, 5.74) is 1.71. The number of rotatable bonds is 4. The smallest absolute Gasteiger partial charge is 0.267 e. The fourth-order valence-corrected chi connectivity index (χ4v) is 3.29. The third-order valence-electron chi connectivity index (χ3n) is 4.61. The lowest BCUT2D eigenvalue weighted by Crippen LogP contribution is -2.44. The Balaban J connectivity index is 1.48. The average Bonchev–Trinajstić information content (AvgIpc) is 3.14. The Labute approximate surface area is 134 Å².